The van der Waals surface area contributed by atoms with Gasteiger partial charge in [0.05, 0.1) is 0 Å². The first-order valence-corrected chi connectivity index (χ1v) is 9.11. The van der Waals surface area contributed by atoms with Crippen molar-refractivity contribution in [3.8, 4) is 0 Å². The molecule has 0 aliphatic carbocycles. The molecule has 0 spiro atoms. The predicted octanol–water partition coefficient (Wildman–Crippen LogP) is 4.57. The molecule has 0 aromatic carbocycles. The maximum atomic E-state index is 6.09. The van der Waals surface area contributed by atoms with Crippen molar-refractivity contribution in [2.45, 2.75) is 49.2 Å². The topological polar surface area (TPSA) is 0 Å². The molecule has 0 aromatic heterocycles. The summed E-state index contributed by atoms with van der Waals surface area (Å²) < 4.78 is 0. The molecule has 1 fully saturated rings. The van der Waals surface area contributed by atoms with E-state index in [1.165, 1.54) is 0 Å². The molecule has 0 bridgehead atoms. The minimum Gasteiger partial charge on any atom is -0.123 e. The largest absolute Gasteiger partial charge is 0.123 e. The molecule has 72 valence electrons. The highest BCUT2D eigenvalue weighted by Crippen LogP contribution is 2.74. The third-order valence-corrected chi connectivity index (χ3v) is 12.7. The van der Waals surface area contributed by atoms with Crippen molar-refractivity contribution in [1.82, 2.24) is 0 Å². The molecule has 0 nitrogen and oxygen atoms in total. The molecule has 0 N–H and O–H groups in total. The summed E-state index contributed by atoms with van der Waals surface area (Å²) in [6.45, 7) is 9.06. The van der Waals surface area contributed by atoms with Gasteiger partial charge in [-0.2, -0.15) is 0 Å². The molecule has 1 heterocycles. The van der Waals surface area contributed by atoms with Gasteiger partial charge in [0.25, 0.3) is 0 Å². The standard InChI is InChI=1S/C8H16ClPS2/c1-5(9)6(2)10-11-7(3)8(4)12-10/h5-8H,1-4H3. The number of hydrogen-bond acceptors (Lipinski definition) is 2. The van der Waals surface area contributed by atoms with Gasteiger partial charge in [0, 0.05) is 27.9 Å². The van der Waals surface area contributed by atoms with Crippen molar-refractivity contribution in [1.29, 1.82) is 0 Å². The Labute approximate surface area is 89.8 Å². The molecule has 1 saturated heterocycles. The molecule has 4 unspecified atom stereocenters. The zero-order valence-electron chi connectivity index (χ0n) is 7.95. The summed E-state index contributed by atoms with van der Waals surface area (Å²) in [7, 11) is 0. The van der Waals surface area contributed by atoms with E-state index in [9.17, 15) is 0 Å². The van der Waals surface area contributed by atoms with Crippen LogP contribution in [0.1, 0.15) is 27.7 Å². The summed E-state index contributed by atoms with van der Waals surface area (Å²) in [4.78, 5) is 0. The molecule has 0 amide bonds. The van der Waals surface area contributed by atoms with Crippen LogP contribution in [0.25, 0.3) is 0 Å². The summed E-state index contributed by atoms with van der Waals surface area (Å²) >= 11 is 10.4. The summed E-state index contributed by atoms with van der Waals surface area (Å²) in [5.41, 5.74) is 0.684. The van der Waals surface area contributed by atoms with E-state index >= 15 is 0 Å². The van der Waals surface area contributed by atoms with E-state index < -0.39 is 0 Å². The predicted molar refractivity (Wildman–Crippen MR) is 65.8 cm³/mol. The SMILES string of the molecule is CC(Cl)C(C)P1SC(C)C(C)S1. The highest BCUT2D eigenvalue weighted by atomic mass is 35.5. The van der Waals surface area contributed by atoms with Crippen LogP contribution in [-0.4, -0.2) is 21.5 Å². The fourth-order valence-corrected chi connectivity index (χ4v) is 12.6. The molecular formula is C8H16ClPS2. The first-order valence-electron chi connectivity index (χ1n) is 4.29. The first-order chi connectivity index (χ1) is 5.52. The van der Waals surface area contributed by atoms with Crippen LogP contribution in [-0.2, 0) is 0 Å². The average molecular weight is 243 g/mol. The number of hydrogen-bond donors (Lipinski definition) is 0. The van der Waals surface area contributed by atoms with Crippen LogP contribution in [0.4, 0.5) is 0 Å². The molecule has 12 heavy (non-hydrogen) atoms. The van der Waals surface area contributed by atoms with Crippen molar-refractivity contribution in [2.24, 2.45) is 0 Å². The Morgan fingerprint density at radius 3 is 1.92 bits per heavy atom. The normalized spacial score (nSPS) is 41.2. The van der Waals surface area contributed by atoms with Gasteiger partial charge in [-0.25, -0.2) is 0 Å². The second-order valence-electron chi connectivity index (χ2n) is 3.32. The highest BCUT2D eigenvalue weighted by Gasteiger charge is 2.34. The second-order valence-corrected chi connectivity index (χ2v) is 11.6. The van der Waals surface area contributed by atoms with E-state index in [1.807, 2.05) is 0 Å². The summed E-state index contributed by atoms with van der Waals surface area (Å²) in [5.74, 6) is 0. The van der Waals surface area contributed by atoms with Gasteiger partial charge in [0.15, 0.2) is 0 Å². The summed E-state index contributed by atoms with van der Waals surface area (Å²) in [6.07, 6.45) is 0.0769. The van der Waals surface area contributed by atoms with Crippen LogP contribution in [0, 0.1) is 0 Å². The number of rotatable bonds is 2. The van der Waals surface area contributed by atoms with Crippen molar-refractivity contribution < 1.29 is 0 Å². The van der Waals surface area contributed by atoms with Crippen LogP contribution in [0.2, 0.25) is 0 Å². The van der Waals surface area contributed by atoms with Gasteiger partial charge in [-0.05, 0) is 6.92 Å². The lowest BCUT2D eigenvalue weighted by atomic mass is 10.4. The lowest BCUT2D eigenvalue weighted by Crippen LogP contribution is -2.08. The van der Waals surface area contributed by atoms with Crippen molar-refractivity contribution >= 4 is 40.7 Å². The molecular weight excluding hydrogens is 227 g/mol. The Morgan fingerprint density at radius 1 is 1.17 bits per heavy atom. The Bertz CT molecular complexity index is 144. The highest BCUT2D eigenvalue weighted by molar-refractivity contribution is 8.90. The van der Waals surface area contributed by atoms with Gasteiger partial charge in [0.2, 0.25) is 0 Å². The Kier molecular flexibility index (Phi) is 4.57. The second kappa shape index (κ2) is 4.77. The van der Waals surface area contributed by atoms with Gasteiger partial charge in [-0.3, -0.25) is 0 Å². The van der Waals surface area contributed by atoms with Gasteiger partial charge in [-0.1, -0.05) is 20.8 Å². The smallest absolute Gasteiger partial charge is 0.0387 e. The maximum Gasteiger partial charge on any atom is 0.0387 e. The molecule has 4 heteroatoms. The zero-order chi connectivity index (χ0) is 9.30. The lowest BCUT2D eigenvalue weighted by Gasteiger charge is -2.19. The van der Waals surface area contributed by atoms with Crippen LogP contribution >= 0.6 is 40.7 Å². The van der Waals surface area contributed by atoms with Crippen LogP contribution in [0.5, 0.6) is 0 Å². The first kappa shape index (κ1) is 11.5. The monoisotopic (exact) mass is 242 g/mol. The maximum absolute atomic E-state index is 6.09. The minimum absolute atomic E-state index is 0.0769. The van der Waals surface area contributed by atoms with E-state index in [2.05, 4.69) is 50.5 Å². The molecule has 1 aliphatic rings. The van der Waals surface area contributed by atoms with E-state index in [4.69, 9.17) is 11.6 Å². The molecule has 1 aliphatic heterocycles. The van der Waals surface area contributed by atoms with Crippen molar-refractivity contribution in [3.05, 3.63) is 0 Å². The Morgan fingerprint density at radius 2 is 1.58 bits per heavy atom. The van der Waals surface area contributed by atoms with E-state index in [1.54, 1.807) is 0 Å². The fraction of sp³-hybridized carbons (Fsp3) is 1.00. The van der Waals surface area contributed by atoms with E-state index in [0.29, 0.717) is 11.0 Å². The third kappa shape index (κ3) is 2.70. The van der Waals surface area contributed by atoms with Crippen LogP contribution < -0.4 is 0 Å². The molecule has 0 radical (unpaired) electrons. The number of halogens is 1. The Balaban J connectivity index is 2.45. The van der Waals surface area contributed by atoms with Crippen molar-refractivity contribution in [2.75, 3.05) is 0 Å². The van der Waals surface area contributed by atoms with E-state index in [0.717, 1.165) is 10.5 Å². The zero-order valence-corrected chi connectivity index (χ0v) is 11.2. The van der Waals surface area contributed by atoms with Crippen LogP contribution in [0.15, 0.2) is 0 Å². The molecule has 1 rings (SSSR count). The van der Waals surface area contributed by atoms with Gasteiger partial charge in [0.1, 0.15) is 0 Å². The van der Waals surface area contributed by atoms with Gasteiger partial charge >= 0.3 is 0 Å². The van der Waals surface area contributed by atoms with E-state index in [-0.39, 0.29) is 6.33 Å². The summed E-state index contributed by atoms with van der Waals surface area (Å²) in [5, 5.41) is 1.96. The Hall–Kier alpha value is 1.42. The van der Waals surface area contributed by atoms with Gasteiger partial charge in [-0.15, -0.1) is 34.4 Å². The summed E-state index contributed by atoms with van der Waals surface area (Å²) in [6, 6.07) is 0. The van der Waals surface area contributed by atoms with Gasteiger partial charge < -0.3 is 0 Å². The molecule has 0 aromatic rings. The minimum atomic E-state index is 0.0769. The van der Waals surface area contributed by atoms with Crippen LogP contribution in [0.3, 0.4) is 0 Å². The fourth-order valence-electron chi connectivity index (χ4n) is 0.884. The lowest BCUT2D eigenvalue weighted by molar-refractivity contribution is 0.914. The third-order valence-electron chi connectivity index (χ3n) is 2.20. The average Bonchev–Trinajstić information content (AvgIpc) is 2.30. The quantitative estimate of drug-likeness (QED) is 0.514. The van der Waals surface area contributed by atoms with Crippen molar-refractivity contribution in [3.63, 3.8) is 0 Å². The molecule has 0 saturated carbocycles. The number of alkyl halides is 1. The molecule has 4 atom stereocenters.